The van der Waals surface area contributed by atoms with E-state index in [2.05, 4.69) is 19.2 Å². The minimum absolute atomic E-state index is 0. The lowest BCUT2D eigenvalue weighted by Crippen LogP contribution is -2.45. The molecule has 0 spiro atoms. The number of hydrogen-bond acceptors (Lipinski definition) is 3. The summed E-state index contributed by atoms with van der Waals surface area (Å²) in [4.78, 5) is 12.3. The molecule has 21 heavy (non-hydrogen) atoms. The molecule has 2 bridgehead atoms. The molecule has 5 atom stereocenters. The number of nitrogens with one attached hydrogen (secondary N) is 1. The Morgan fingerprint density at radius 1 is 1.33 bits per heavy atom. The molecule has 3 N–H and O–H groups in total. The molecule has 2 aliphatic rings. The quantitative estimate of drug-likeness (QED) is 0.757. The van der Waals surface area contributed by atoms with E-state index in [0.717, 1.165) is 19.4 Å². The van der Waals surface area contributed by atoms with Crippen molar-refractivity contribution in [2.45, 2.75) is 58.6 Å². The first-order valence-electron chi connectivity index (χ1n) is 8.19. The Morgan fingerprint density at radius 2 is 2.00 bits per heavy atom. The van der Waals surface area contributed by atoms with Crippen LogP contribution in [-0.2, 0) is 9.53 Å². The highest BCUT2D eigenvalue weighted by molar-refractivity contribution is 5.85. The lowest BCUT2D eigenvalue weighted by atomic mass is 9.84. The summed E-state index contributed by atoms with van der Waals surface area (Å²) in [6.45, 7) is 7.76. The first-order valence-corrected chi connectivity index (χ1v) is 8.19. The van der Waals surface area contributed by atoms with Crippen molar-refractivity contribution in [1.82, 2.24) is 5.32 Å². The van der Waals surface area contributed by atoms with Gasteiger partial charge >= 0.3 is 0 Å². The fraction of sp³-hybridized carbons (Fsp3) is 0.938. The largest absolute Gasteiger partial charge is 0.378 e. The van der Waals surface area contributed by atoms with Crippen molar-refractivity contribution in [3.8, 4) is 0 Å². The topological polar surface area (TPSA) is 64.3 Å². The number of halogens is 1. The van der Waals surface area contributed by atoms with Crippen molar-refractivity contribution in [2.24, 2.45) is 29.4 Å². The van der Waals surface area contributed by atoms with Crippen molar-refractivity contribution >= 4 is 18.3 Å². The van der Waals surface area contributed by atoms with Gasteiger partial charge in [-0.3, -0.25) is 4.79 Å². The van der Waals surface area contributed by atoms with Gasteiger partial charge in [-0.25, -0.2) is 0 Å². The molecule has 2 fully saturated rings. The molecule has 0 aliphatic heterocycles. The van der Waals surface area contributed by atoms with E-state index in [9.17, 15) is 4.79 Å². The average molecular weight is 319 g/mol. The second-order valence-corrected chi connectivity index (χ2v) is 6.75. The maximum absolute atomic E-state index is 12.3. The Kier molecular flexibility index (Phi) is 7.45. The Labute approximate surface area is 135 Å². The second kappa shape index (κ2) is 8.35. The molecule has 0 saturated heterocycles. The summed E-state index contributed by atoms with van der Waals surface area (Å²) in [7, 11) is 0. The number of ether oxygens (including phenoxy) is 1. The van der Waals surface area contributed by atoms with E-state index < -0.39 is 0 Å². The van der Waals surface area contributed by atoms with Gasteiger partial charge in [0.25, 0.3) is 0 Å². The van der Waals surface area contributed by atoms with Crippen LogP contribution in [0.1, 0.15) is 46.5 Å². The molecule has 124 valence electrons. The lowest BCUT2D eigenvalue weighted by molar-refractivity contribution is -0.127. The summed E-state index contributed by atoms with van der Waals surface area (Å²) < 4.78 is 5.71. The molecule has 2 aliphatic carbocycles. The molecule has 0 aromatic carbocycles. The number of nitrogens with two attached hydrogens (primary N) is 1. The molecular formula is C16H31ClN2O2. The van der Waals surface area contributed by atoms with Crippen LogP contribution in [-0.4, -0.2) is 31.2 Å². The molecule has 0 radical (unpaired) electrons. The Morgan fingerprint density at radius 3 is 2.52 bits per heavy atom. The summed E-state index contributed by atoms with van der Waals surface area (Å²) in [5.74, 6) is 1.82. The third-order valence-corrected chi connectivity index (χ3v) is 5.14. The van der Waals surface area contributed by atoms with Gasteiger partial charge in [0.1, 0.15) is 0 Å². The smallest absolute Gasteiger partial charge is 0.224 e. The fourth-order valence-electron chi connectivity index (χ4n) is 4.00. The average Bonchev–Trinajstić information content (AvgIpc) is 2.97. The summed E-state index contributed by atoms with van der Waals surface area (Å²) in [5, 5.41) is 3.08. The molecule has 5 heteroatoms. The molecule has 0 aromatic heterocycles. The van der Waals surface area contributed by atoms with Crippen molar-refractivity contribution in [2.75, 3.05) is 13.2 Å². The van der Waals surface area contributed by atoms with Gasteiger partial charge in [-0.1, -0.05) is 13.8 Å². The number of carbonyl (C=O) groups is 1. The highest BCUT2D eigenvalue weighted by atomic mass is 35.5. The van der Waals surface area contributed by atoms with E-state index in [-0.39, 0.29) is 36.4 Å². The van der Waals surface area contributed by atoms with Gasteiger partial charge in [-0.05, 0) is 50.4 Å². The third-order valence-electron chi connectivity index (χ3n) is 5.14. The first kappa shape index (κ1) is 18.7. The van der Waals surface area contributed by atoms with Gasteiger partial charge < -0.3 is 15.8 Å². The van der Waals surface area contributed by atoms with Gasteiger partial charge in [0.05, 0.1) is 12.0 Å². The Balaban J connectivity index is 0.00000220. The minimum atomic E-state index is 0. The normalized spacial score (nSPS) is 32.0. The Hall–Kier alpha value is -0.320. The van der Waals surface area contributed by atoms with Gasteiger partial charge in [0, 0.05) is 19.2 Å². The van der Waals surface area contributed by atoms with Crippen LogP contribution < -0.4 is 11.1 Å². The van der Waals surface area contributed by atoms with E-state index >= 15 is 0 Å². The summed E-state index contributed by atoms with van der Waals surface area (Å²) in [6, 6.07) is 0.0848. The van der Waals surface area contributed by atoms with Gasteiger partial charge in [-0.2, -0.15) is 0 Å². The number of hydrogen-bond donors (Lipinski definition) is 2. The van der Waals surface area contributed by atoms with E-state index in [0.29, 0.717) is 24.3 Å². The second-order valence-electron chi connectivity index (χ2n) is 6.75. The van der Waals surface area contributed by atoms with E-state index in [1.165, 1.54) is 12.8 Å². The van der Waals surface area contributed by atoms with Crippen LogP contribution in [0.4, 0.5) is 0 Å². The number of fused-ring (bicyclic) bond motifs is 2. The summed E-state index contributed by atoms with van der Waals surface area (Å²) in [6.07, 6.45) is 4.67. The van der Waals surface area contributed by atoms with Crippen LogP contribution >= 0.6 is 12.4 Å². The molecule has 0 heterocycles. The van der Waals surface area contributed by atoms with Crippen LogP contribution in [0.3, 0.4) is 0 Å². The van der Waals surface area contributed by atoms with Crippen molar-refractivity contribution in [1.29, 1.82) is 0 Å². The van der Waals surface area contributed by atoms with Crippen molar-refractivity contribution < 1.29 is 9.53 Å². The predicted octanol–water partition coefficient (Wildman–Crippen LogP) is 2.35. The fourth-order valence-corrected chi connectivity index (χ4v) is 4.00. The SMILES string of the molecule is CCOC(CCNC(=O)C1C2CCC(C2)C1N)C(C)C.Cl. The zero-order valence-electron chi connectivity index (χ0n) is 13.5. The number of amides is 1. The maximum Gasteiger partial charge on any atom is 0.224 e. The first-order chi connectivity index (χ1) is 9.54. The Bertz CT molecular complexity index is 336. The zero-order chi connectivity index (χ0) is 14.7. The van der Waals surface area contributed by atoms with E-state index in [4.69, 9.17) is 10.5 Å². The van der Waals surface area contributed by atoms with Gasteiger partial charge in [0.15, 0.2) is 0 Å². The van der Waals surface area contributed by atoms with Gasteiger partial charge in [-0.15, -0.1) is 12.4 Å². The molecule has 5 unspecified atom stereocenters. The molecule has 4 nitrogen and oxygen atoms in total. The molecular weight excluding hydrogens is 288 g/mol. The number of rotatable bonds is 7. The molecule has 2 saturated carbocycles. The summed E-state index contributed by atoms with van der Waals surface area (Å²) >= 11 is 0. The van der Waals surface area contributed by atoms with Crippen molar-refractivity contribution in [3.05, 3.63) is 0 Å². The predicted molar refractivity (Wildman–Crippen MR) is 87.4 cm³/mol. The number of carbonyl (C=O) groups excluding carboxylic acids is 1. The van der Waals surface area contributed by atoms with Crippen LogP contribution in [0, 0.1) is 23.7 Å². The van der Waals surface area contributed by atoms with Gasteiger partial charge in [0.2, 0.25) is 5.91 Å². The molecule has 0 aromatic rings. The van der Waals surface area contributed by atoms with E-state index in [1.54, 1.807) is 0 Å². The molecule has 1 amide bonds. The van der Waals surface area contributed by atoms with E-state index in [1.807, 2.05) is 6.92 Å². The third kappa shape index (κ3) is 4.33. The monoisotopic (exact) mass is 318 g/mol. The van der Waals surface area contributed by atoms with Crippen molar-refractivity contribution in [3.63, 3.8) is 0 Å². The maximum atomic E-state index is 12.3. The van der Waals surface area contributed by atoms with Crippen LogP contribution in [0.25, 0.3) is 0 Å². The standard InChI is InChI=1S/C16H30N2O2.ClH/c1-4-20-13(10(2)3)7-8-18-16(19)14-11-5-6-12(9-11)15(14)17;/h10-15H,4-9,17H2,1-3H3,(H,18,19);1H. The van der Waals surface area contributed by atoms with Crippen LogP contribution in [0.15, 0.2) is 0 Å². The molecule has 2 rings (SSSR count). The summed E-state index contributed by atoms with van der Waals surface area (Å²) in [5.41, 5.74) is 6.21. The zero-order valence-corrected chi connectivity index (χ0v) is 14.3. The lowest BCUT2D eigenvalue weighted by Gasteiger charge is -2.27. The van der Waals surface area contributed by atoms with Crippen LogP contribution in [0.5, 0.6) is 0 Å². The highest BCUT2D eigenvalue weighted by Gasteiger charge is 2.48. The van der Waals surface area contributed by atoms with Crippen LogP contribution in [0.2, 0.25) is 0 Å². The highest BCUT2D eigenvalue weighted by Crippen LogP contribution is 2.47. The minimum Gasteiger partial charge on any atom is -0.378 e.